The van der Waals surface area contributed by atoms with Gasteiger partial charge in [0.1, 0.15) is 17.9 Å². The largest absolute Gasteiger partial charge is 0.297 e. The SMILES string of the molecule is CC(C)C(=O)[C@H]1[C@H](c2ccccc2)N1n1c([C@@H](C)C(C)(C)C)nc2ccccc2c1=O. The highest BCUT2D eigenvalue weighted by atomic mass is 16.2. The van der Waals surface area contributed by atoms with Crippen LogP contribution in [0.25, 0.3) is 10.9 Å². The first-order valence-electron chi connectivity index (χ1n) is 11.0. The number of benzene rings is 2. The third kappa shape index (κ3) is 3.67. The molecule has 1 aromatic heterocycles. The fourth-order valence-electron chi connectivity index (χ4n) is 4.11. The van der Waals surface area contributed by atoms with Crippen molar-refractivity contribution in [3.63, 3.8) is 0 Å². The van der Waals surface area contributed by atoms with Gasteiger partial charge in [0.2, 0.25) is 0 Å². The molecule has 5 nitrogen and oxygen atoms in total. The zero-order valence-corrected chi connectivity index (χ0v) is 19.2. The van der Waals surface area contributed by atoms with Crippen LogP contribution in [0.4, 0.5) is 0 Å². The smallest absolute Gasteiger partial charge is 0.280 e. The van der Waals surface area contributed by atoms with Gasteiger partial charge < -0.3 is 0 Å². The Balaban J connectivity index is 1.96. The molecule has 0 spiro atoms. The van der Waals surface area contributed by atoms with E-state index in [0.717, 1.165) is 5.56 Å². The van der Waals surface area contributed by atoms with Crippen LogP contribution in [0, 0.1) is 11.3 Å². The molecular formula is C26H31N3O2. The minimum Gasteiger partial charge on any atom is -0.297 e. The number of carbonyl (C=O) groups is 1. The Labute approximate surface area is 183 Å². The Morgan fingerprint density at radius 1 is 0.968 bits per heavy atom. The fourth-order valence-corrected chi connectivity index (χ4v) is 4.11. The molecule has 31 heavy (non-hydrogen) atoms. The molecule has 0 saturated carbocycles. The van der Waals surface area contributed by atoms with Gasteiger partial charge in [0, 0.05) is 11.8 Å². The molecule has 0 radical (unpaired) electrons. The molecule has 1 saturated heterocycles. The van der Waals surface area contributed by atoms with Crippen molar-refractivity contribution in [2.75, 3.05) is 5.01 Å². The standard InChI is InChI=1S/C26H31N3O2/c1-16(2)23(30)22-21(18-12-8-7-9-13-18)28(22)29-24(17(3)26(4,5)6)27-20-15-11-10-14-19(20)25(29)31/h7-17,21-22H,1-6H3/t17-,21+,22-,28?/m1/s1. The molecule has 0 bridgehead atoms. The van der Waals surface area contributed by atoms with E-state index >= 15 is 0 Å². The van der Waals surface area contributed by atoms with Crippen molar-refractivity contribution in [3.05, 3.63) is 76.3 Å². The molecule has 2 heterocycles. The van der Waals surface area contributed by atoms with Gasteiger partial charge >= 0.3 is 0 Å². The molecule has 0 unspecified atom stereocenters. The van der Waals surface area contributed by atoms with Gasteiger partial charge in [-0.25, -0.2) is 9.66 Å². The number of hydrogen-bond acceptors (Lipinski definition) is 4. The number of carbonyl (C=O) groups excluding carboxylic acids is 1. The van der Waals surface area contributed by atoms with Crippen molar-refractivity contribution in [1.29, 1.82) is 0 Å². The van der Waals surface area contributed by atoms with Gasteiger partial charge in [0.05, 0.1) is 10.9 Å². The summed E-state index contributed by atoms with van der Waals surface area (Å²) >= 11 is 0. The predicted molar refractivity (Wildman–Crippen MR) is 125 cm³/mol. The Bertz CT molecular complexity index is 1170. The first-order chi connectivity index (χ1) is 14.6. The highest BCUT2D eigenvalue weighted by molar-refractivity contribution is 5.93. The maximum absolute atomic E-state index is 13.7. The van der Waals surface area contributed by atoms with Crippen LogP contribution in [-0.4, -0.2) is 21.5 Å². The van der Waals surface area contributed by atoms with Gasteiger partial charge in [0.25, 0.3) is 5.56 Å². The second-order valence-electron chi connectivity index (χ2n) is 9.93. The minimum absolute atomic E-state index is 0.0108. The lowest BCUT2D eigenvalue weighted by atomic mass is 9.81. The van der Waals surface area contributed by atoms with Crippen LogP contribution in [0.2, 0.25) is 0 Å². The average molecular weight is 418 g/mol. The summed E-state index contributed by atoms with van der Waals surface area (Å²) in [7, 11) is 0. The van der Waals surface area contributed by atoms with E-state index in [2.05, 4.69) is 27.7 Å². The third-order valence-electron chi connectivity index (χ3n) is 6.48. The van der Waals surface area contributed by atoms with Crippen LogP contribution < -0.4 is 10.6 Å². The lowest BCUT2D eigenvalue weighted by Crippen LogP contribution is -2.38. The second-order valence-corrected chi connectivity index (χ2v) is 9.93. The lowest BCUT2D eigenvalue weighted by molar-refractivity contribution is -0.121. The summed E-state index contributed by atoms with van der Waals surface area (Å²) < 4.78 is 1.70. The molecule has 2 aromatic carbocycles. The van der Waals surface area contributed by atoms with Crippen molar-refractivity contribution in [1.82, 2.24) is 9.66 Å². The van der Waals surface area contributed by atoms with E-state index in [0.29, 0.717) is 16.7 Å². The zero-order chi connectivity index (χ0) is 22.5. The molecule has 0 amide bonds. The molecular weight excluding hydrogens is 386 g/mol. The third-order valence-corrected chi connectivity index (χ3v) is 6.48. The first kappa shape index (κ1) is 21.3. The number of aromatic nitrogens is 2. The topological polar surface area (TPSA) is 55.0 Å². The van der Waals surface area contributed by atoms with E-state index in [4.69, 9.17) is 4.98 Å². The number of hydrogen-bond donors (Lipinski definition) is 0. The van der Waals surface area contributed by atoms with Crippen LogP contribution in [-0.2, 0) is 4.79 Å². The number of ketones is 1. The lowest BCUT2D eigenvalue weighted by Gasteiger charge is -2.29. The fraction of sp³-hybridized carbons (Fsp3) is 0.423. The first-order valence-corrected chi connectivity index (χ1v) is 11.0. The van der Waals surface area contributed by atoms with Gasteiger partial charge in [-0.15, -0.1) is 0 Å². The highest BCUT2D eigenvalue weighted by Gasteiger charge is 2.55. The van der Waals surface area contributed by atoms with Gasteiger partial charge in [-0.3, -0.25) is 14.6 Å². The van der Waals surface area contributed by atoms with E-state index in [-0.39, 0.29) is 40.7 Å². The van der Waals surface area contributed by atoms with E-state index in [1.807, 2.05) is 73.5 Å². The number of fused-ring (bicyclic) bond motifs is 1. The van der Waals surface area contributed by atoms with Crippen LogP contribution >= 0.6 is 0 Å². The molecule has 0 aliphatic carbocycles. The molecule has 5 heteroatoms. The van der Waals surface area contributed by atoms with Gasteiger partial charge in [-0.1, -0.05) is 84.0 Å². The van der Waals surface area contributed by atoms with Crippen molar-refractivity contribution >= 4 is 16.7 Å². The highest BCUT2D eigenvalue weighted by Crippen LogP contribution is 2.44. The summed E-state index contributed by atoms with van der Waals surface area (Å²) in [5, 5.41) is 2.51. The van der Waals surface area contributed by atoms with E-state index in [9.17, 15) is 9.59 Å². The normalized spacial score (nSPS) is 19.6. The number of Topliss-reactive ketones (excluding diaryl/α,β-unsaturated/α-hetero) is 1. The Morgan fingerprint density at radius 3 is 2.19 bits per heavy atom. The van der Waals surface area contributed by atoms with Crippen LogP contribution in [0.1, 0.15) is 64.9 Å². The number of nitrogens with zero attached hydrogens (tertiary/aromatic N) is 3. The average Bonchev–Trinajstić information content (AvgIpc) is 3.47. The summed E-state index contributed by atoms with van der Waals surface area (Å²) in [5.41, 5.74) is 1.52. The van der Waals surface area contributed by atoms with Crippen molar-refractivity contribution in [3.8, 4) is 0 Å². The molecule has 1 aliphatic heterocycles. The number of para-hydroxylation sites is 1. The molecule has 3 atom stereocenters. The summed E-state index contributed by atoms with van der Waals surface area (Å²) in [6.45, 7) is 12.4. The Kier molecular flexibility index (Phi) is 5.24. The van der Waals surface area contributed by atoms with Crippen molar-refractivity contribution < 1.29 is 4.79 Å². The van der Waals surface area contributed by atoms with E-state index in [1.165, 1.54) is 0 Å². The van der Waals surface area contributed by atoms with Gasteiger partial charge in [-0.2, -0.15) is 0 Å². The van der Waals surface area contributed by atoms with E-state index < -0.39 is 0 Å². The van der Waals surface area contributed by atoms with Crippen LogP contribution in [0.3, 0.4) is 0 Å². The van der Waals surface area contributed by atoms with Gasteiger partial charge in [0.15, 0.2) is 5.78 Å². The summed E-state index contributed by atoms with van der Waals surface area (Å²) in [6.07, 6.45) is 0. The maximum atomic E-state index is 13.7. The second kappa shape index (κ2) is 7.63. The van der Waals surface area contributed by atoms with Gasteiger partial charge in [-0.05, 0) is 23.1 Å². The van der Waals surface area contributed by atoms with Crippen molar-refractivity contribution in [2.24, 2.45) is 11.3 Å². The molecule has 3 aromatic rings. The Hall–Kier alpha value is -2.95. The summed E-state index contributed by atoms with van der Waals surface area (Å²) in [6, 6.07) is 16.9. The molecule has 162 valence electrons. The monoisotopic (exact) mass is 417 g/mol. The molecule has 1 fully saturated rings. The van der Waals surface area contributed by atoms with E-state index in [1.54, 1.807) is 4.68 Å². The zero-order valence-electron chi connectivity index (χ0n) is 19.2. The predicted octanol–water partition coefficient (Wildman–Crippen LogP) is 4.83. The van der Waals surface area contributed by atoms with Crippen molar-refractivity contribution in [2.45, 2.75) is 59.5 Å². The quantitative estimate of drug-likeness (QED) is 0.558. The maximum Gasteiger partial charge on any atom is 0.280 e. The van der Waals surface area contributed by atoms with Crippen LogP contribution in [0.5, 0.6) is 0 Å². The molecule has 0 N–H and O–H groups in total. The Morgan fingerprint density at radius 2 is 1.58 bits per heavy atom. The molecule has 4 rings (SSSR count). The molecule has 1 aliphatic rings. The van der Waals surface area contributed by atoms with Crippen LogP contribution in [0.15, 0.2) is 59.4 Å². The summed E-state index contributed by atoms with van der Waals surface area (Å²) in [4.78, 5) is 31.8. The minimum atomic E-state index is -0.367. The number of rotatable bonds is 5. The summed E-state index contributed by atoms with van der Waals surface area (Å²) in [5.74, 6) is 0.741.